The Kier molecular flexibility index (Phi) is 6.63. The number of hydrogen-bond acceptors (Lipinski definition) is 4. The van der Waals surface area contributed by atoms with E-state index in [0.717, 1.165) is 4.90 Å². The predicted octanol–water partition coefficient (Wildman–Crippen LogP) is 3.73. The van der Waals surface area contributed by atoms with Crippen LogP contribution in [-0.4, -0.2) is 19.3 Å². The molecule has 1 rings (SSSR count). The van der Waals surface area contributed by atoms with Gasteiger partial charge in [-0.1, -0.05) is 12.1 Å². The summed E-state index contributed by atoms with van der Waals surface area (Å²) in [6.07, 6.45) is 0.342. The van der Waals surface area contributed by atoms with Crippen LogP contribution in [0.2, 0.25) is 0 Å². The second-order valence-corrected chi connectivity index (χ2v) is 4.71. The average molecular weight is 351 g/mol. The van der Waals surface area contributed by atoms with E-state index in [1.165, 1.54) is 15.5 Å². The molecule has 0 saturated heterocycles. The Morgan fingerprint density at radius 3 is 2.44 bits per heavy atom. The van der Waals surface area contributed by atoms with Gasteiger partial charge in [0.15, 0.2) is 0 Å². The van der Waals surface area contributed by atoms with Gasteiger partial charge in [-0.2, -0.15) is 0 Å². The van der Waals surface area contributed by atoms with Gasteiger partial charge in [0.05, 0.1) is 13.2 Å². The van der Waals surface area contributed by atoms with Crippen molar-refractivity contribution < 1.29 is 9.47 Å². The van der Waals surface area contributed by atoms with E-state index in [2.05, 4.69) is 27.0 Å². The maximum absolute atomic E-state index is 5.25. The lowest BCUT2D eigenvalue weighted by molar-refractivity contribution is 0.183. The maximum Gasteiger partial charge on any atom is 0.395 e. The Labute approximate surface area is 114 Å². The third-order valence-electron chi connectivity index (χ3n) is 1.59. The first-order valence-electron chi connectivity index (χ1n) is 5.03. The van der Waals surface area contributed by atoms with Crippen LogP contribution >= 0.6 is 34.5 Å². The van der Waals surface area contributed by atoms with Gasteiger partial charge in [-0.15, -0.1) is 4.40 Å². The highest BCUT2D eigenvalue weighted by molar-refractivity contribution is 14.1. The minimum absolute atomic E-state index is 0.342. The lowest BCUT2D eigenvalue weighted by Gasteiger charge is -2.06. The number of benzene rings is 1. The molecule has 88 valence electrons. The lowest BCUT2D eigenvalue weighted by Crippen LogP contribution is -2.08. The third-order valence-corrected chi connectivity index (χ3v) is 3.69. The van der Waals surface area contributed by atoms with E-state index in [4.69, 9.17) is 9.47 Å². The summed E-state index contributed by atoms with van der Waals surface area (Å²) in [4.78, 5) is 1.10. The molecular weight excluding hydrogens is 337 g/mol. The summed E-state index contributed by atoms with van der Waals surface area (Å²) in [5, 5.41) is 0. The SMILES string of the molecule is CCOC(=NSc1ccccc1I)OCC. The van der Waals surface area contributed by atoms with Gasteiger partial charge in [-0.05, 0) is 48.6 Å². The van der Waals surface area contributed by atoms with Crippen molar-refractivity contribution in [3.05, 3.63) is 27.8 Å². The van der Waals surface area contributed by atoms with E-state index < -0.39 is 0 Å². The van der Waals surface area contributed by atoms with Crippen LogP contribution < -0.4 is 0 Å². The quantitative estimate of drug-likeness (QED) is 0.359. The fraction of sp³-hybridized carbons (Fsp3) is 0.364. The van der Waals surface area contributed by atoms with Gasteiger partial charge in [0.2, 0.25) is 0 Å². The van der Waals surface area contributed by atoms with Crippen LogP contribution in [0.5, 0.6) is 0 Å². The van der Waals surface area contributed by atoms with Gasteiger partial charge in [0.1, 0.15) is 0 Å². The lowest BCUT2D eigenvalue weighted by atomic mass is 10.4. The van der Waals surface area contributed by atoms with Crippen LogP contribution in [-0.2, 0) is 9.47 Å². The van der Waals surface area contributed by atoms with Crippen molar-refractivity contribution in [1.29, 1.82) is 0 Å². The number of hydrogen-bond donors (Lipinski definition) is 0. The molecule has 0 aromatic heterocycles. The molecule has 0 N–H and O–H groups in total. The van der Waals surface area contributed by atoms with Crippen molar-refractivity contribution >= 4 is 40.6 Å². The molecule has 0 atom stereocenters. The van der Waals surface area contributed by atoms with E-state index in [9.17, 15) is 0 Å². The van der Waals surface area contributed by atoms with E-state index in [0.29, 0.717) is 19.3 Å². The molecule has 3 nitrogen and oxygen atoms in total. The molecular formula is C11H14INO2S. The Balaban J connectivity index is 2.65. The first-order valence-corrected chi connectivity index (χ1v) is 6.88. The van der Waals surface area contributed by atoms with Crippen LogP contribution in [0, 0.1) is 3.57 Å². The predicted molar refractivity (Wildman–Crippen MR) is 75.7 cm³/mol. The standard InChI is InChI=1S/C11H14INO2S/c1-3-14-11(15-4-2)13-16-10-8-6-5-7-9(10)12/h5-8H,3-4H2,1-2H3. The van der Waals surface area contributed by atoms with Crippen molar-refractivity contribution in [2.24, 2.45) is 4.40 Å². The molecule has 0 spiro atoms. The average Bonchev–Trinajstić information content (AvgIpc) is 2.28. The Bertz CT molecular complexity index is 350. The van der Waals surface area contributed by atoms with E-state index in [1.54, 1.807) is 0 Å². The molecule has 0 radical (unpaired) electrons. The number of halogens is 1. The largest absolute Gasteiger partial charge is 0.450 e. The number of ether oxygens (including phenoxy) is 2. The number of nitrogens with zero attached hydrogens (tertiary/aromatic N) is 1. The van der Waals surface area contributed by atoms with Crippen molar-refractivity contribution in [1.82, 2.24) is 0 Å². The van der Waals surface area contributed by atoms with E-state index >= 15 is 0 Å². The molecule has 0 heterocycles. The molecule has 5 heteroatoms. The number of rotatable bonds is 4. The maximum atomic E-state index is 5.25. The minimum Gasteiger partial charge on any atom is -0.450 e. The summed E-state index contributed by atoms with van der Waals surface area (Å²) in [6, 6.07) is 8.05. The Morgan fingerprint density at radius 1 is 1.25 bits per heavy atom. The summed E-state index contributed by atoms with van der Waals surface area (Å²) < 4.78 is 15.9. The topological polar surface area (TPSA) is 30.8 Å². The highest BCUT2D eigenvalue weighted by Crippen LogP contribution is 2.25. The molecule has 0 aliphatic heterocycles. The van der Waals surface area contributed by atoms with Crippen molar-refractivity contribution in [2.45, 2.75) is 18.7 Å². The van der Waals surface area contributed by atoms with Gasteiger partial charge < -0.3 is 9.47 Å². The molecule has 0 amide bonds. The molecule has 0 aliphatic rings. The summed E-state index contributed by atoms with van der Waals surface area (Å²) in [6.45, 7) is 4.94. The minimum atomic E-state index is 0.342. The van der Waals surface area contributed by atoms with Crippen molar-refractivity contribution in [3.8, 4) is 0 Å². The normalized spacial score (nSPS) is 9.69. The monoisotopic (exact) mass is 351 g/mol. The zero-order valence-electron chi connectivity index (χ0n) is 9.27. The molecule has 0 fully saturated rings. The molecule has 16 heavy (non-hydrogen) atoms. The van der Waals surface area contributed by atoms with Crippen LogP contribution in [0.3, 0.4) is 0 Å². The van der Waals surface area contributed by atoms with Gasteiger partial charge in [-0.25, -0.2) is 0 Å². The van der Waals surface area contributed by atoms with E-state index in [-0.39, 0.29) is 0 Å². The zero-order valence-corrected chi connectivity index (χ0v) is 12.2. The van der Waals surface area contributed by atoms with Crippen LogP contribution in [0.15, 0.2) is 33.6 Å². The summed E-state index contributed by atoms with van der Waals surface area (Å²) in [7, 11) is 0. The van der Waals surface area contributed by atoms with Gasteiger partial charge >= 0.3 is 6.08 Å². The molecule has 1 aromatic rings. The summed E-state index contributed by atoms with van der Waals surface area (Å²) in [5.41, 5.74) is 0. The molecule has 0 unspecified atom stereocenters. The first-order chi connectivity index (χ1) is 7.77. The Hall–Kier alpha value is -0.430. The summed E-state index contributed by atoms with van der Waals surface area (Å²) in [5.74, 6) is 0. The fourth-order valence-electron chi connectivity index (χ4n) is 0.947. The van der Waals surface area contributed by atoms with Gasteiger partial charge in [-0.3, -0.25) is 0 Å². The fourth-order valence-corrected chi connectivity index (χ4v) is 2.20. The van der Waals surface area contributed by atoms with Gasteiger partial charge in [0.25, 0.3) is 0 Å². The molecule has 0 bridgehead atoms. The molecule has 0 saturated carbocycles. The van der Waals surface area contributed by atoms with Crippen molar-refractivity contribution in [2.75, 3.05) is 13.2 Å². The first kappa shape index (κ1) is 13.6. The van der Waals surface area contributed by atoms with Crippen LogP contribution in [0.1, 0.15) is 13.8 Å². The highest BCUT2D eigenvalue weighted by atomic mass is 127. The smallest absolute Gasteiger partial charge is 0.395 e. The van der Waals surface area contributed by atoms with Crippen molar-refractivity contribution in [3.63, 3.8) is 0 Å². The van der Waals surface area contributed by atoms with Gasteiger partial charge in [0, 0.05) is 20.4 Å². The molecule has 1 aromatic carbocycles. The third kappa shape index (κ3) is 4.61. The second-order valence-electron chi connectivity index (χ2n) is 2.74. The van der Waals surface area contributed by atoms with Crippen LogP contribution in [0.25, 0.3) is 0 Å². The van der Waals surface area contributed by atoms with Crippen LogP contribution in [0.4, 0.5) is 0 Å². The zero-order chi connectivity index (χ0) is 11.8. The Morgan fingerprint density at radius 2 is 1.88 bits per heavy atom. The highest BCUT2D eigenvalue weighted by Gasteiger charge is 2.02. The summed E-state index contributed by atoms with van der Waals surface area (Å²) >= 11 is 3.64. The molecule has 0 aliphatic carbocycles. The second kappa shape index (κ2) is 7.78. The van der Waals surface area contributed by atoms with E-state index in [1.807, 2.05) is 38.1 Å².